The lowest BCUT2D eigenvalue weighted by atomic mass is 10.0. The highest BCUT2D eigenvalue weighted by atomic mass is 16.5. The molecule has 1 aliphatic heterocycles. The number of methoxy groups -OCH3 is 1. The van der Waals surface area contributed by atoms with Gasteiger partial charge in [-0.1, -0.05) is 18.2 Å². The minimum Gasteiger partial charge on any atom is -0.496 e. The van der Waals surface area contributed by atoms with Gasteiger partial charge in [0.15, 0.2) is 0 Å². The van der Waals surface area contributed by atoms with E-state index in [1.54, 1.807) is 7.11 Å². The van der Waals surface area contributed by atoms with Crippen molar-refractivity contribution in [3.05, 3.63) is 29.8 Å². The van der Waals surface area contributed by atoms with Crippen LogP contribution in [0.5, 0.6) is 5.75 Å². The lowest BCUT2D eigenvalue weighted by Crippen LogP contribution is -2.48. The topological polar surface area (TPSA) is 47.7 Å². The Bertz CT molecular complexity index is 365. The molecule has 1 aliphatic rings. The summed E-state index contributed by atoms with van der Waals surface area (Å²) in [6.45, 7) is 4.22. The normalized spacial score (nSPS) is 18.6. The number of nitrogens with zero attached hydrogens (tertiary/aromatic N) is 1. The fourth-order valence-electron chi connectivity index (χ4n) is 2.43. The quantitative estimate of drug-likeness (QED) is 0.843. The lowest BCUT2D eigenvalue weighted by Gasteiger charge is -2.34. The molecule has 0 saturated carbocycles. The van der Waals surface area contributed by atoms with Crippen LogP contribution in [0.3, 0.4) is 0 Å². The largest absolute Gasteiger partial charge is 0.496 e. The van der Waals surface area contributed by atoms with Crippen LogP contribution in [-0.4, -0.2) is 50.9 Å². The zero-order valence-electron chi connectivity index (χ0n) is 11.0. The standard InChI is InChI=1S/C14H22N2O2/c1-17-14-5-3-2-4-12(14)10-13(11-15)16-6-8-18-9-7-16/h2-5,13H,6-11,15H2,1H3. The molecule has 1 saturated heterocycles. The van der Waals surface area contributed by atoms with Gasteiger partial charge in [0.1, 0.15) is 5.75 Å². The summed E-state index contributed by atoms with van der Waals surface area (Å²) in [6, 6.07) is 8.52. The Kier molecular flexibility index (Phi) is 4.99. The first kappa shape index (κ1) is 13.3. The Morgan fingerprint density at radius 1 is 1.33 bits per heavy atom. The molecule has 2 N–H and O–H groups in total. The Balaban J connectivity index is 2.04. The first-order valence-corrected chi connectivity index (χ1v) is 6.49. The van der Waals surface area contributed by atoms with Crippen molar-refractivity contribution in [1.82, 2.24) is 4.90 Å². The Labute approximate surface area is 109 Å². The number of ether oxygens (including phenoxy) is 2. The van der Waals surface area contributed by atoms with Gasteiger partial charge >= 0.3 is 0 Å². The molecule has 4 nitrogen and oxygen atoms in total. The number of hydrogen-bond donors (Lipinski definition) is 1. The zero-order valence-corrected chi connectivity index (χ0v) is 11.0. The SMILES string of the molecule is COc1ccccc1CC(CN)N1CCOCC1. The van der Waals surface area contributed by atoms with Crippen molar-refractivity contribution in [2.75, 3.05) is 40.0 Å². The Morgan fingerprint density at radius 3 is 2.72 bits per heavy atom. The summed E-state index contributed by atoms with van der Waals surface area (Å²) in [5.41, 5.74) is 7.14. The van der Waals surface area contributed by atoms with E-state index in [4.69, 9.17) is 15.2 Å². The molecule has 100 valence electrons. The maximum Gasteiger partial charge on any atom is 0.122 e. The molecule has 0 spiro atoms. The summed E-state index contributed by atoms with van der Waals surface area (Å²) >= 11 is 0. The molecule has 0 aliphatic carbocycles. The molecule has 0 aromatic heterocycles. The molecule has 0 amide bonds. The fraction of sp³-hybridized carbons (Fsp3) is 0.571. The van der Waals surface area contributed by atoms with Crippen LogP contribution in [0.1, 0.15) is 5.56 Å². The third-order valence-corrected chi connectivity index (χ3v) is 3.48. The van der Waals surface area contributed by atoms with E-state index in [2.05, 4.69) is 11.0 Å². The van der Waals surface area contributed by atoms with Crippen molar-refractivity contribution in [2.45, 2.75) is 12.5 Å². The van der Waals surface area contributed by atoms with Crippen LogP contribution in [-0.2, 0) is 11.2 Å². The summed E-state index contributed by atoms with van der Waals surface area (Å²) in [4.78, 5) is 2.41. The van der Waals surface area contributed by atoms with Crippen LogP contribution >= 0.6 is 0 Å². The second-order valence-electron chi connectivity index (χ2n) is 4.55. The van der Waals surface area contributed by atoms with Crippen molar-refractivity contribution in [3.8, 4) is 5.75 Å². The van der Waals surface area contributed by atoms with E-state index in [9.17, 15) is 0 Å². The predicted molar refractivity (Wildman–Crippen MR) is 71.9 cm³/mol. The highest BCUT2D eigenvalue weighted by molar-refractivity contribution is 5.33. The summed E-state index contributed by atoms with van der Waals surface area (Å²) in [6.07, 6.45) is 0.931. The summed E-state index contributed by atoms with van der Waals surface area (Å²) in [5, 5.41) is 0. The van der Waals surface area contributed by atoms with E-state index in [1.165, 1.54) is 5.56 Å². The third kappa shape index (κ3) is 3.22. The van der Waals surface area contributed by atoms with E-state index in [1.807, 2.05) is 18.2 Å². The molecule has 18 heavy (non-hydrogen) atoms. The first-order valence-electron chi connectivity index (χ1n) is 6.49. The summed E-state index contributed by atoms with van der Waals surface area (Å²) < 4.78 is 10.8. The fourth-order valence-corrected chi connectivity index (χ4v) is 2.43. The lowest BCUT2D eigenvalue weighted by molar-refractivity contribution is 0.0183. The molecule has 1 aromatic rings. The van der Waals surface area contributed by atoms with Crippen LogP contribution in [0.15, 0.2) is 24.3 Å². The third-order valence-electron chi connectivity index (χ3n) is 3.48. The van der Waals surface area contributed by atoms with Gasteiger partial charge in [0.25, 0.3) is 0 Å². The van der Waals surface area contributed by atoms with Gasteiger partial charge < -0.3 is 15.2 Å². The van der Waals surface area contributed by atoms with Crippen LogP contribution in [0, 0.1) is 0 Å². The van der Waals surface area contributed by atoms with Crippen molar-refractivity contribution >= 4 is 0 Å². The number of morpholine rings is 1. The molecule has 2 rings (SSSR count). The number of nitrogens with two attached hydrogens (primary N) is 1. The van der Waals surface area contributed by atoms with Crippen molar-refractivity contribution < 1.29 is 9.47 Å². The van der Waals surface area contributed by atoms with E-state index < -0.39 is 0 Å². The van der Waals surface area contributed by atoms with E-state index in [0.29, 0.717) is 12.6 Å². The van der Waals surface area contributed by atoms with Crippen molar-refractivity contribution in [2.24, 2.45) is 5.73 Å². The summed E-state index contributed by atoms with van der Waals surface area (Å²) in [5.74, 6) is 0.948. The maximum absolute atomic E-state index is 5.92. The molecule has 0 bridgehead atoms. The van der Waals surface area contributed by atoms with E-state index >= 15 is 0 Å². The summed E-state index contributed by atoms with van der Waals surface area (Å²) in [7, 11) is 1.71. The predicted octanol–water partition coefficient (Wildman–Crippen LogP) is 0.897. The monoisotopic (exact) mass is 250 g/mol. The Morgan fingerprint density at radius 2 is 2.06 bits per heavy atom. The second-order valence-corrected chi connectivity index (χ2v) is 4.55. The van der Waals surface area contributed by atoms with Gasteiger partial charge in [-0.2, -0.15) is 0 Å². The van der Waals surface area contributed by atoms with Gasteiger partial charge in [0.2, 0.25) is 0 Å². The Hall–Kier alpha value is -1.10. The molecular formula is C14H22N2O2. The molecule has 1 heterocycles. The van der Waals surface area contributed by atoms with Crippen LogP contribution in [0.25, 0.3) is 0 Å². The van der Waals surface area contributed by atoms with Gasteiger partial charge in [-0.25, -0.2) is 0 Å². The van der Waals surface area contributed by atoms with E-state index in [-0.39, 0.29) is 0 Å². The molecule has 0 radical (unpaired) electrons. The number of benzene rings is 1. The maximum atomic E-state index is 5.92. The highest BCUT2D eigenvalue weighted by Crippen LogP contribution is 2.20. The highest BCUT2D eigenvalue weighted by Gasteiger charge is 2.21. The number of para-hydroxylation sites is 1. The van der Waals surface area contributed by atoms with Crippen molar-refractivity contribution in [3.63, 3.8) is 0 Å². The van der Waals surface area contributed by atoms with Gasteiger partial charge in [-0.3, -0.25) is 4.90 Å². The minimum atomic E-state index is 0.366. The van der Waals surface area contributed by atoms with Crippen molar-refractivity contribution in [1.29, 1.82) is 0 Å². The zero-order chi connectivity index (χ0) is 12.8. The molecule has 1 aromatic carbocycles. The van der Waals surface area contributed by atoms with Gasteiger partial charge in [-0.05, 0) is 18.1 Å². The first-order chi connectivity index (χ1) is 8.85. The number of hydrogen-bond acceptors (Lipinski definition) is 4. The average molecular weight is 250 g/mol. The van der Waals surface area contributed by atoms with Crippen LogP contribution in [0.2, 0.25) is 0 Å². The minimum absolute atomic E-state index is 0.366. The van der Waals surface area contributed by atoms with Crippen LogP contribution in [0.4, 0.5) is 0 Å². The smallest absolute Gasteiger partial charge is 0.122 e. The van der Waals surface area contributed by atoms with E-state index in [0.717, 1.165) is 38.5 Å². The molecule has 4 heteroatoms. The molecule has 1 atom stereocenters. The van der Waals surface area contributed by atoms with Gasteiger partial charge in [0.05, 0.1) is 20.3 Å². The molecule has 1 fully saturated rings. The van der Waals surface area contributed by atoms with Gasteiger partial charge in [-0.15, -0.1) is 0 Å². The molecular weight excluding hydrogens is 228 g/mol. The molecule has 1 unspecified atom stereocenters. The number of rotatable bonds is 5. The van der Waals surface area contributed by atoms with Crippen LogP contribution < -0.4 is 10.5 Å². The second kappa shape index (κ2) is 6.73. The van der Waals surface area contributed by atoms with Gasteiger partial charge in [0, 0.05) is 25.7 Å². The average Bonchev–Trinajstić information content (AvgIpc) is 2.46.